The first kappa shape index (κ1) is 21.1. The number of anilines is 1. The lowest BCUT2D eigenvalue weighted by Crippen LogP contribution is -2.32. The van der Waals surface area contributed by atoms with Crippen molar-refractivity contribution in [2.75, 3.05) is 17.1 Å². The van der Waals surface area contributed by atoms with Crippen molar-refractivity contribution in [1.82, 2.24) is 5.32 Å². The van der Waals surface area contributed by atoms with Crippen LogP contribution >= 0.6 is 11.6 Å². The van der Waals surface area contributed by atoms with Crippen LogP contribution < -0.4 is 9.62 Å². The summed E-state index contributed by atoms with van der Waals surface area (Å²) in [4.78, 5) is 12.2. The molecule has 29 heavy (non-hydrogen) atoms. The van der Waals surface area contributed by atoms with Crippen molar-refractivity contribution in [2.45, 2.75) is 19.4 Å². The topological polar surface area (TPSA) is 66.5 Å². The normalized spacial score (nSPS) is 11.4. The predicted molar refractivity (Wildman–Crippen MR) is 119 cm³/mol. The number of nitrogens with one attached hydrogen (secondary N) is 1. The van der Waals surface area contributed by atoms with Gasteiger partial charge < -0.3 is 5.32 Å². The van der Waals surface area contributed by atoms with Crippen molar-refractivity contribution in [3.63, 3.8) is 0 Å². The van der Waals surface area contributed by atoms with Gasteiger partial charge in [-0.3, -0.25) is 9.10 Å². The molecule has 0 heterocycles. The van der Waals surface area contributed by atoms with Crippen molar-refractivity contribution in [3.8, 4) is 0 Å². The second-order valence-corrected chi connectivity index (χ2v) is 9.22. The lowest BCUT2D eigenvalue weighted by molar-refractivity contribution is -0.121. The van der Waals surface area contributed by atoms with E-state index in [2.05, 4.69) is 11.4 Å². The van der Waals surface area contributed by atoms with Crippen molar-refractivity contribution < 1.29 is 13.2 Å². The molecule has 1 amide bonds. The highest BCUT2D eigenvalue weighted by atomic mass is 35.5. The van der Waals surface area contributed by atoms with Gasteiger partial charge in [-0.1, -0.05) is 48.0 Å². The standard InChI is InChI=1S/C22H23ClN2O3S/c1-29(27,28)25(21-12-10-20(23)11-13-21)14-4-7-22(26)24-16-17-8-9-18-5-2-3-6-19(18)15-17/h2-3,5-6,8-13,15H,4,7,14,16H2,1H3,(H,24,26). The summed E-state index contributed by atoms with van der Waals surface area (Å²) in [5, 5.41) is 5.72. The van der Waals surface area contributed by atoms with Crippen molar-refractivity contribution >= 4 is 44.0 Å². The highest BCUT2D eigenvalue weighted by Gasteiger charge is 2.17. The third-order valence-electron chi connectivity index (χ3n) is 4.58. The van der Waals surface area contributed by atoms with Crippen LogP contribution in [-0.4, -0.2) is 27.1 Å². The fraction of sp³-hybridized carbons (Fsp3) is 0.227. The Labute approximate surface area is 176 Å². The van der Waals surface area contributed by atoms with E-state index in [0.29, 0.717) is 23.7 Å². The molecule has 7 heteroatoms. The third-order valence-corrected chi connectivity index (χ3v) is 6.03. The summed E-state index contributed by atoms with van der Waals surface area (Å²) in [7, 11) is -3.45. The second-order valence-electron chi connectivity index (χ2n) is 6.87. The number of nitrogens with zero attached hydrogens (tertiary/aromatic N) is 1. The van der Waals surface area contributed by atoms with Gasteiger partial charge in [0.05, 0.1) is 11.9 Å². The fourth-order valence-electron chi connectivity index (χ4n) is 3.11. The van der Waals surface area contributed by atoms with Crippen molar-refractivity contribution in [1.29, 1.82) is 0 Å². The Morgan fingerprint density at radius 2 is 1.69 bits per heavy atom. The zero-order valence-electron chi connectivity index (χ0n) is 16.1. The molecule has 3 rings (SSSR count). The van der Waals surface area contributed by atoms with Crippen LogP contribution in [0.4, 0.5) is 5.69 Å². The van der Waals surface area contributed by atoms with E-state index in [1.54, 1.807) is 24.3 Å². The average molecular weight is 431 g/mol. The number of benzene rings is 3. The maximum absolute atomic E-state index is 12.2. The molecule has 0 aliphatic heterocycles. The Morgan fingerprint density at radius 1 is 1.00 bits per heavy atom. The predicted octanol–water partition coefficient (Wildman–Crippen LogP) is 4.36. The molecule has 0 aliphatic carbocycles. The van der Waals surface area contributed by atoms with Gasteiger partial charge in [0.2, 0.25) is 15.9 Å². The summed E-state index contributed by atoms with van der Waals surface area (Å²) in [5.74, 6) is -0.109. The summed E-state index contributed by atoms with van der Waals surface area (Å²) in [6, 6.07) is 20.8. The molecule has 5 nitrogen and oxygen atoms in total. The van der Waals surface area contributed by atoms with Gasteiger partial charge in [0.25, 0.3) is 0 Å². The zero-order valence-corrected chi connectivity index (χ0v) is 17.7. The van der Waals surface area contributed by atoms with Gasteiger partial charge in [0.15, 0.2) is 0 Å². The monoisotopic (exact) mass is 430 g/mol. The molecule has 3 aromatic carbocycles. The van der Waals surface area contributed by atoms with Gasteiger partial charge in [0.1, 0.15) is 0 Å². The number of hydrogen-bond donors (Lipinski definition) is 1. The molecule has 0 saturated heterocycles. The quantitative estimate of drug-likeness (QED) is 0.577. The molecule has 152 valence electrons. The number of amides is 1. The maximum Gasteiger partial charge on any atom is 0.232 e. The van der Waals surface area contributed by atoms with Crippen LogP contribution in [0.3, 0.4) is 0 Å². The summed E-state index contributed by atoms with van der Waals surface area (Å²) in [5.41, 5.74) is 1.56. The SMILES string of the molecule is CS(=O)(=O)N(CCCC(=O)NCc1ccc2ccccc2c1)c1ccc(Cl)cc1. The molecule has 0 bridgehead atoms. The van der Waals surface area contributed by atoms with Gasteiger partial charge in [-0.2, -0.15) is 0 Å². The molecule has 0 atom stereocenters. The second kappa shape index (κ2) is 9.29. The van der Waals surface area contributed by atoms with Crippen LogP contribution in [0, 0.1) is 0 Å². The van der Waals surface area contributed by atoms with E-state index in [0.717, 1.165) is 22.6 Å². The van der Waals surface area contributed by atoms with Crippen molar-refractivity contribution in [2.24, 2.45) is 0 Å². The van der Waals surface area contributed by atoms with Gasteiger partial charge >= 0.3 is 0 Å². The maximum atomic E-state index is 12.2. The highest BCUT2D eigenvalue weighted by molar-refractivity contribution is 7.92. The summed E-state index contributed by atoms with van der Waals surface area (Å²) >= 11 is 5.87. The largest absolute Gasteiger partial charge is 0.352 e. The number of carbonyl (C=O) groups is 1. The van der Waals surface area contributed by atoms with E-state index in [4.69, 9.17) is 11.6 Å². The first-order valence-corrected chi connectivity index (χ1v) is 11.5. The van der Waals surface area contributed by atoms with Crippen LogP contribution in [0.25, 0.3) is 10.8 Å². The minimum atomic E-state index is -3.45. The van der Waals surface area contributed by atoms with E-state index in [-0.39, 0.29) is 18.9 Å². The number of fused-ring (bicyclic) bond motifs is 1. The van der Waals surface area contributed by atoms with E-state index in [9.17, 15) is 13.2 Å². The smallest absolute Gasteiger partial charge is 0.232 e. The molecule has 0 radical (unpaired) electrons. The minimum absolute atomic E-state index is 0.109. The van der Waals surface area contributed by atoms with E-state index >= 15 is 0 Å². The molecular formula is C22H23ClN2O3S. The number of sulfonamides is 1. The van der Waals surface area contributed by atoms with Crippen LogP contribution in [0.2, 0.25) is 5.02 Å². The summed E-state index contributed by atoms with van der Waals surface area (Å²) < 4.78 is 25.5. The zero-order chi connectivity index (χ0) is 20.9. The molecule has 0 saturated carbocycles. The minimum Gasteiger partial charge on any atom is -0.352 e. The molecule has 0 aliphatic rings. The van der Waals surface area contributed by atoms with Gasteiger partial charge in [-0.15, -0.1) is 0 Å². The molecule has 0 fully saturated rings. The van der Waals surface area contributed by atoms with E-state index in [1.165, 1.54) is 4.31 Å². The number of rotatable bonds is 8. The Morgan fingerprint density at radius 3 is 2.38 bits per heavy atom. The molecule has 0 unspecified atom stereocenters. The van der Waals surface area contributed by atoms with Crippen LogP contribution in [0.5, 0.6) is 0 Å². The Kier molecular flexibility index (Phi) is 6.77. The van der Waals surface area contributed by atoms with Crippen LogP contribution in [-0.2, 0) is 21.4 Å². The van der Waals surface area contributed by atoms with E-state index < -0.39 is 10.0 Å². The van der Waals surface area contributed by atoms with Crippen LogP contribution in [0.1, 0.15) is 18.4 Å². The lowest BCUT2D eigenvalue weighted by atomic mass is 10.1. The highest BCUT2D eigenvalue weighted by Crippen LogP contribution is 2.21. The molecular weight excluding hydrogens is 408 g/mol. The number of halogens is 1. The Bertz CT molecular complexity index is 1100. The van der Waals surface area contributed by atoms with Crippen molar-refractivity contribution in [3.05, 3.63) is 77.3 Å². The molecule has 0 spiro atoms. The molecule has 3 aromatic rings. The molecule has 0 aromatic heterocycles. The third kappa shape index (κ3) is 5.95. The molecule has 1 N–H and O–H groups in total. The lowest BCUT2D eigenvalue weighted by Gasteiger charge is -2.22. The average Bonchev–Trinajstić information content (AvgIpc) is 2.69. The Hall–Kier alpha value is -2.57. The number of carbonyl (C=O) groups excluding carboxylic acids is 1. The van der Waals surface area contributed by atoms with E-state index in [1.807, 2.05) is 36.4 Å². The summed E-state index contributed by atoms with van der Waals surface area (Å²) in [6.45, 7) is 0.667. The first-order chi connectivity index (χ1) is 13.8. The Balaban J connectivity index is 1.52. The van der Waals surface area contributed by atoms with Crippen LogP contribution in [0.15, 0.2) is 66.7 Å². The fourth-order valence-corrected chi connectivity index (χ4v) is 4.21. The van der Waals surface area contributed by atoms with Gasteiger partial charge in [-0.25, -0.2) is 8.42 Å². The van der Waals surface area contributed by atoms with Gasteiger partial charge in [0, 0.05) is 24.5 Å². The van der Waals surface area contributed by atoms with Gasteiger partial charge in [-0.05, 0) is 53.1 Å². The summed E-state index contributed by atoms with van der Waals surface area (Å²) in [6.07, 6.45) is 1.81. The first-order valence-electron chi connectivity index (χ1n) is 9.30. The number of hydrogen-bond acceptors (Lipinski definition) is 3.